The number of rotatable bonds is 2. The fourth-order valence-electron chi connectivity index (χ4n) is 1.56. The van der Waals surface area contributed by atoms with E-state index >= 15 is 0 Å². The van der Waals surface area contributed by atoms with Crippen molar-refractivity contribution in [3.8, 4) is 11.6 Å². The first-order chi connectivity index (χ1) is 9.13. The number of aromatic nitrogens is 4. The van der Waals surface area contributed by atoms with Gasteiger partial charge in [0.05, 0.1) is 11.2 Å². The van der Waals surface area contributed by atoms with Gasteiger partial charge in [-0.2, -0.15) is 15.1 Å². The second kappa shape index (κ2) is 4.67. The molecule has 8 heteroatoms. The Morgan fingerprint density at radius 1 is 1.32 bits per heavy atom. The first-order valence-corrected chi connectivity index (χ1v) is 6.40. The highest BCUT2D eigenvalue weighted by molar-refractivity contribution is 9.10. The topological polar surface area (TPSA) is 89.7 Å². The quantitative estimate of drug-likeness (QED) is 0.748. The summed E-state index contributed by atoms with van der Waals surface area (Å²) >= 11 is 9.42. The van der Waals surface area contributed by atoms with E-state index in [0.717, 1.165) is 4.47 Å². The van der Waals surface area contributed by atoms with Gasteiger partial charge in [-0.25, -0.2) is 0 Å². The van der Waals surface area contributed by atoms with Gasteiger partial charge in [-0.3, -0.25) is 5.10 Å². The lowest BCUT2D eigenvalue weighted by Gasteiger charge is -2.07. The van der Waals surface area contributed by atoms with Crippen molar-refractivity contribution in [1.29, 1.82) is 0 Å². The minimum Gasteiger partial charge on any atom is -0.436 e. The summed E-state index contributed by atoms with van der Waals surface area (Å²) in [4.78, 5) is 8.05. The maximum atomic E-state index is 6.09. The largest absolute Gasteiger partial charge is 0.436 e. The van der Waals surface area contributed by atoms with Crippen LogP contribution in [-0.2, 0) is 0 Å². The van der Waals surface area contributed by atoms with Crippen LogP contribution in [0.15, 0.2) is 28.9 Å². The van der Waals surface area contributed by atoms with Crippen LogP contribution in [0.25, 0.3) is 11.0 Å². The molecule has 3 rings (SSSR count). The number of aromatic amines is 1. The lowest BCUT2D eigenvalue weighted by molar-refractivity contribution is 0.469. The Balaban J connectivity index is 2.07. The van der Waals surface area contributed by atoms with Crippen molar-refractivity contribution in [2.24, 2.45) is 0 Å². The van der Waals surface area contributed by atoms with Crippen LogP contribution in [-0.4, -0.2) is 20.2 Å². The number of nitrogens with zero attached hydrogens (tertiary/aromatic N) is 3. The van der Waals surface area contributed by atoms with E-state index in [2.05, 4.69) is 36.1 Å². The maximum absolute atomic E-state index is 6.09. The molecule has 0 bridgehead atoms. The van der Waals surface area contributed by atoms with Crippen LogP contribution in [0, 0.1) is 0 Å². The molecule has 2 heterocycles. The number of halogens is 2. The fourth-order valence-corrected chi connectivity index (χ4v) is 2.28. The van der Waals surface area contributed by atoms with Gasteiger partial charge in [0, 0.05) is 4.47 Å². The summed E-state index contributed by atoms with van der Waals surface area (Å²) in [5, 5.41) is 7.68. The third kappa shape index (κ3) is 2.34. The van der Waals surface area contributed by atoms with E-state index in [4.69, 9.17) is 22.1 Å². The Labute approximate surface area is 121 Å². The third-order valence-electron chi connectivity index (χ3n) is 2.39. The number of nitrogens with one attached hydrogen (secondary N) is 1. The molecule has 2 aromatic heterocycles. The number of benzene rings is 1. The summed E-state index contributed by atoms with van der Waals surface area (Å²) in [7, 11) is 0. The van der Waals surface area contributed by atoms with Crippen molar-refractivity contribution in [1.82, 2.24) is 20.2 Å². The zero-order chi connectivity index (χ0) is 13.4. The van der Waals surface area contributed by atoms with Crippen LogP contribution in [0.4, 0.5) is 5.95 Å². The highest BCUT2D eigenvalue weighted by Gasteiger charge is 2.12. The molecule has 0 unspecified atom stereocenters. The minimum atomic E-state index is 0.0972. The van der Waals surface area contributed by atoms with Crippen molar-refractivity contribution >= 4 is 44.5 Å². The van der Waals surface area contributed by atoms with E-state index in [1.54, 1.807) is 18.3 Å². The van der Waals surface area contributed by atoms with E-state index in [9.17, 15) is 0 Å². The number of nitrogens with two attached hydrogens (primary N) is 1. The highest BCUT2D eigenvalue weighted by Crippen LogP contribution is 2.33. The first-order valence-electron chi connectivity index (χ1n) is 5.23. The molecular formula is C11H7BrClN5O. The van der Waals surface area contributed by atoms with Gasteiger partial charge < -0.3 is 10.5 Å². The Kier molecular flexibility index (Phi) is 3.00. The molecular weight excluding hydrogens is 334 g/mol. The highest BCUT2D eigenvalue weighted by atomic mass is 79.9. The Bertz CT molecular complexity index is 760. The van der Waals surface area contributed by atoms with Crippen LogP contribution in [0.5, 0.6) is 11.6 Å². The fraction of sp³-hybridized carbons (Fsp3) is 0. The van der Waals surface area contributed by atoms with Gasteiger partial charge in [0.1, 0.15) is 11.1 Å². The van der Waals surface area contributed by atoms with Crippen LogP contribution < -0.4 is 10.5 Å². The molecule has 19 heavy (non-hydrogen) atoms. The summed E-state index contributed by atoms with van der Waals surface area (Å²) in [6, 6.07) is 5.28. The lowest BCUT2D eigenvalue weighted by Crippen LogP contribution is -1.98. The summed E-state index contributed by atoms with van der Waals surface area (Å²) in [5.74, 6) is 0.880. The third-order valence-corrected chi connectivity index (χ3v) is 3.18. The van der Waals surface area contributed by atoms with E-state index in [1.165, 1.54) is 0 Å². The van der Waals surface area contributed by atoms with Crippen molar-refractivity contribution < 1.29 is 4.74 Å². The molecule has 0 aliphatic heterocycles. The van der Waals surface area contributed by atoms with Crippen molar-refractivity contribution in [2.45, 2.75) is 0 Å². The van der Waals surface area contributed by atoms with E-state index in [1.807, 2.05) is 6.07 Å². The number of hydrogen-bond donors (Lipinski definition) is 2. The van der Waals surface area contributed by atoms with E-state index in [-0.39, 0.29) is 5.95 Å². The van der Waals surface area contributed by atoms with Crippen molar-refractivity contribution in [3.05, 3.63) is 33.9 Å². The molecule has 96 valence electrons. The number of H-pyrrole nitrogens is 1. The molecule has 6 nitrogen and oxygen atoms in total. The van der Waals surface area contributed by atoms with Crippen molar-refractivity contribution in [2.75, 3.05) is 5.73 Å². The number of anilines is 1. The lowest BCUT2D eigenvalue weighted by atomic mass is 10.3. The van der Waals surface area contributed by atoms with E-state index < -0.39 is 0 Å². The average molecular weight is 341 g/mol. The van der Waals surface area contributed by atoms with Gasteiger partial charge >= 0.3 is 0 Å². The summed E-state index contributed by atoms with van der Waals surface area (Å²) in [6.07, 6.45) is 1.57. The molecule has 0 saturated heterocycles. The van der Waals surface area contributed by atoms with Crippen LogP contribution in [0.1, 0.15) is 0 Å². The molecule has 0 fully saturated rings. The van der Waals surface area contributed by atoms with E-state index in [0.29, 0.717) is 27.7 Å². The Morgan fingerprint density at radius 2 is 2.16 bits per heavy atom. The molecule has 0 aliphatic rings. The summed E-state index contributed by atoms with van der Waals surface area (Å²) in [6.45, 7) is 0. The normalized spacial score (nSPS) is 10.8. The monoisotopic (exact) mass is 339 g/mol. The maximum Gasteiger partial charge on any atom is 0.235 e. The number of hydrogen-bond acceptors (Lipinski definition) is 5. The van der Waals surface area contributed by atoms with Gasteiger partial charge in [0.15, 0.2) is 5.65 Å². The predicted molar refractivity (Wildman–Crippen MR) is 75.3 cm³/mol. The summed E-state index contributed by atoms with van der Waals surface area (Å²) in [5.41, 5.74) is 6.12. The molecule has 0 spiro atoms. The Morgan fingerprint density at radius 3 is 2.95 bits per heavy atom. The molecule has 0 amide bonds. The second-order valence-electron chi connectivity index (χ2n) is 3.70. The summed E-state index contributed by atoms with van der Waals surface area (Å²) < 4.78 is 6.53. The van der Waals surface area contributed by atoms with Crippen LogP contribution in [0.3, 0.4) is 0 Å². The molecule has 0 radical (unpaired) electrons. The molecule has 3 aromatic rings. The number of fused-ring (bicyclic) bond motifs is 1. The zero-order valence-corrected chi connectivity index (χ0v) is 11.7. The SMILES string of the molecule is Nc1nc(Oc2ccc(Br)cc2Cl)c2cn[nH]c2n1. The molecule has 0 saturated carbocycles. The van der Waals surface area contributed by atoms with Gasteiger partial charge in [-0.05, 0) is 18.2 Å². The number of nitrogen functional groups attached to an aromatic ring is 1. The number of ether oxygens (including phenoxy) is 1. The van der Waals surface area contributed by atoms with Crippen LogP contribution in [0.2, 0.25) is 5.02 Å². The molecule has 3 N–H and O–H groups in total. The van der Waals surface area contributed by atoms with Crippen LogP contribution >= 0.6 is 27.5 Å². The second-order valence-corrected chi connectivity index (χ2v) is 5.02. The standard InChI is InChI=1S/C11H7BrClN5O/c12-5-1-2-8(7(13)3-5)19-10-6-4-15-18-9(6)16-11(14)17-10/h1-4H,(H3,14,15,16,17,18). The predicted octanol–water partition coefficient (Wildman–Crippen LogP) is 3.14. The minimum absolute atomic E-state index is 0.0972. The van der Waals surface area contributed by atoms with Gasteiger partial charge in [-0.15, -0.1) is 0 Å². The zero-order valence-electron chi connectivity index (χ0n) is 9.39. The van der Waals surface area contributed by atoms with Gasteiger partial charge in [0.2, 0.25) is 11.8 Å². The van der Waals surface area contributed by atoms with Gasteiger partial charge in [-0.1, -0.05) is 27.5 Å². The average Bonchev–Trinajstić information content (AvgIpc) is 2.80. The Hall–Kier alpha value is -1.86. The smallest absolute Gasteiger partial charge is 0.235 e. The molecule has 0 atom stereocenters. The molecule has 1 aromatic carbocycles. The molecule has 0 aliphatic carbocycles. The first kappa shape index (κ1) is 12.2. The van der Waals surface area contributed by atoms with Gasteiger partial charge in [0.25, 0.3) is 0 Å². The van der Waals surface area contributed by atoms with Crippen molar-refractivity contribution in [3.63, 3.8) is 0 Å².